The van der Waals surface area contributed by atoms with Crippen LogP contribution in [0.5, 0.6) is 0 Å². The van der Waals surface area contributed by atoms with Gasteiger partial charge in [-0.25, -0.2) is 0 Å². The first-order valence-electron chi connectivity index (χ1n) is 5.15. The molecule has 0 bridgehead atoms. The zero-order valence-corrected chi connectivity index (χ0v) is 9.50. The largest absolute Gasteiger partial charge is 0.355 e. The molecule has 0 unspecified atom stereocenters. The molecule has 0 spiro atoms. The van der Waals surface area contributed by atoms with Crippen LogP contribution < -0.4 is 0 Å². The average Bonchev–Trinajstić information content (AvgIpc) is 2.57. The molecule has 80 valence electrons. The van der Waals surface area contributed by atoms with Crippen LogP contribution in [0.15, 0.2) is 30.3 Å². The summed E-state index contributed by atoms with van der Waals surface area (Å²) >= 11 is 1.33. The predicted molar refractivity (Wildman–Crippen MR) is 61.7 cm³/mol. The van der Waals surface area contributed by atoms with Crippen molar-refractivity contribution in [1.29, 1.82) is 0 Å². The first-order valence-corrected chi connectivity index (χ1v) is 6.03. The summed E-state index contributed by atoms with van der Waals surface area (Å²) in [5, 5.41) is 0.160. The summed E-state index contributed by atoms with van der Waals surface area (Å²) in [6.07, 6.45) is 1.65. The van der Waals surface area contributed by atoms with Gasteiger partial charge in [-0.05, 0) is 25.3 Å². The first-order chi connectivity index (χ1) is 7.25. The van der Waals surface area contributed by atoms with E-state index in [0.29, 0.717) is 0 Å². The van der Waals surface area contributed by atoms with Crippen LogP contribution in [0.1, 0.15) is 18.9 Å². The number of aryl methyl sites for hydroxylation is 1. The molecule has 1 aromatic carbocycles. The van der Waals surface area contributed by atoms with Crippen molar-refractivity contribution in [3.8, 4) is 0 Å². The van der Waals surface area contributed by atoms with Crippen LogP contribution in [0.25, 0.3) is 0 Å². The molecule has 0 radical (unpaired) electrons. The van der Waals surface area contributed by atoms with Gasteiger partial charge in [-0.3, -0.25) is 4.79 Å². The number of rotatable bonds is 3. The fourth-order valence-corrected chi connectivity index (χ4v) is 2.56. The molecule has 0 N–H and O–H groups in total. The number of hydrogen-bond acceptors (Lipinski definition) is 3. The number of carbonyl (C=O) groups excluding carboxylic acids is 1. The second-order valence-corrected chi connectivity index (χ2v) is 4.83. The van der Waals surface area contributed by atoms with Gasteiger partial charge in [0.15, 0.2) is 0 Å². The average molecular weight is 222 g/mol. The molecule has 0 amide bonds. The van der Waals surface area contributed by atoms with E-state index in [0.717, 1.165) is 12.8 Å². The van der Waals surface area contributed by atoms with Gasteiger partial charge >= 0.3 is 0 Å². The summed E-state index contributed by atoms with van der Waals surface area (Å²) < 4.78 is 5.51. The minimum atomic E-state index is -0.226. The minimum absolute atomic E-state index is 0.0488. The van der Waals surface area contributed by atoms with Gasteiger partial charge in [-0.15, -0.1) is 0 Å². The van der Waals surface area contributed by atoms with Gasteiger partial charge in [-0.1, -0.05) is 42.1 Å². The van der Waals surface area contributed by atoms with Crippen LogP contribution in [0, 0.1) is 0 Å². The van der Waals surface area contributed by atoms with Crippen LogP contribution in [-0.2, 0) is 16.0 Å². The van der Waals surface area contributed by atoms with E-state index in [4.69, 9.17) is 4.74 Å². The Balaban J connectivity index is 1.82. The van der Waals surface area contributed by atoms with Crippen molar-refractivity contribution >= 4 is 16.9 Å². The topological polar surface area (TPSA) is 26.3 Å². The van der Waals surface area contributed by atoms with Crippen LogP contribution in [0.2, 0.25) is 0 Å². The smallest absolute Gasteiger partial charge is 0.219 e. The Labute approximate surface area is 94.0 Å². The Hall–Kier alpha value is -0.800. The van der Waals surface area contributed by atoms with Crippen molar-refractivity contribution in [2.75, 3.05) is 0 Å². The van der Waals surface area contributed by atoms with Crippen molar-refractivity contribution < 1.29 is 9.53 Å². The number of thioether (sulfide) groups is 1. The molecule has 2 atom stereocenters. The van der Waals surface area contributed by atoms with Gasteiger partial charge < -0.3 is 4.74 Å². The minimum Gasteiger partial charge on any atom is -0.355 e. The van der Waals surface area contributed by atoms with E-state index in [-0.39, 0.29) is 16.7 Å². The van der Waals surface area contributed by atoms with Crippen molar-refractivity contribution in [3.63, 3.8) is 0 Å². The highest BCUT2D eigenvalue weighted by Crippen LogP contribution is 2.29. The highest BCUT2D eigenvalue weighted by Gasteiger charge is 2.30. The maximum absolute atomic E-state index is 11.2. The van der Waals surface area contributed by atoms with Gasteiger partial charge in [0.2, 0.25) is 5.12 Å². The number of ether oxygens (including phenoxy) is 1. The Morgan fingerprint density at radius 1 is 1.33 bits per heavy atom. The molecule has 1 saturated heterocycles. The highest BCUT2D eigenvalue weighted by atomic mass is 32.2. The molecule has 1 aliphatic heterocycles. The molecule has 1 fully saturated rings. The number of hydrogen-bond donors (Lipinski definition) is 0. The molecule has 1 aromatic rings. The van der Waals surface area contributed by atoms with E-state index < -0.39 is 0 Å². The van der Waals surface area contributed by atoms with Crippen LogP contribution in [-0.4, -0.2) is 16.7 Å². The zero-order valence-electron chi connectivity index (χ0n) is 8.68. The van der Waals surface area contributed by atoms with Crippen LogP contribution in [0.3, 0.4) is 0 Å². The molecule has 1 aliphatic rings. The zero-order chi connectivity index (χ0) is 10.7. The summed E-state index contributed by atoms with van der Waals surface area (Å²) in [5.74, 6) is 0. The molecule has 2 rings (SSSR count). The lowest BCUT2D eigenvalue weighted by Crippen LogP contribution is -2.10. The van der Waals surface area contributed by atoms with E-state index >= 15 is 0 Å². The van der Waals surface area contributed by atoms with E-state index in [9.17, 15) is 4.79 Å². The highest BCUT2D eigenvalue weighted by molar-refractivity contribution is 8.14. The molecule has 2 nitrogen and oxygen atoms in total. The molecular weight excluding hydrogens is 208 g/mol. The third kappa shape index (κ3) is 2.83. The van der Waals surface area contributed by atoms with E-state index in [1.54, 1.807) is 0 Å². The number of benzene rings is 1. The second-order valence-electron chi connectivity index (χ2n) is 3.67. The lowest BCUT2D eigenvalue weighted by atomic mass is 10.1. The Kier molecular flexibility index (Phi) is 3.44. The maximum Gasteiger partial charge on any atom is 0.219 e. The summed E-state index contributed by atoms with van der Waals surface area (Å²) in [6, 6.07) is 10.3. The fraction of sp³-hybridized carbons (Fsp3) is 0.417. The molecule has 15 heavy (non-hydrogen) atoms. The lowest BCUT2D eigenvalue weighted by molar-refractivity contribution is -0.118. The van der Waals surface area contributed by atoms with Crippen molar-refractivity contribution in [2.45, 2.75) is 31.3 Å². The van der Waals surface area contributed by atoms with Crippen LogP contribution in [0.4, 0.5) is 0 Å². The second kappa shape index (κ2) is 4.81. The van der Waals surface area contributed by atoms with Gasteiger partial charge in [0.05, 0.1) is 0 Å². The summed E-state index contributed by atoms with van der Waals surface area (Å²) in [7, 11) is 0. The van der Waals surface area contributed by atoms with Crippen molar-refractivity contribution in [1.82, 2.24) is 0 Å². The maximum atomic E-state index is 11.2. The van der Waals surface area contributed by atoms with Gasteiger partial charge in [-0.2, -0.15) is 0 Å². The molecule has 0 aliphatic carbocycles. The molecular formula is C12H14O2S. The van der Waals surface area contributed by atoms with Gasteiger partial charge in [0, 0.05) is 0 Å². The molecule has 0 aromatic heterocycles. The van der Waals surface area contributed by atoms with E-state index in [1.807, 2.05) is 25.1 Å². The SMILES string of the molecule is C[C@@H]1O[C@H](CCc2ccccc2)SC1=O. The lowest BCUT2D eigenvalue weighted by Gasteiger charge is -2.08. The van der Waals surface area contributed by atoms with Gasteiger partial charge in [0.1, 0.15) is 11.5 Å². The molecule has 0 saturated carbocycles. The summed E-state index contributed by atoms with van der Waals surface area (Å²) in [6.45, 7) is 1.82. The van der Waals surface area contributed by atoms with Crippen molar-refractivity contribution in [3.05, 3.63) is 35.9 Å². The van der Waals surface area contributed by atoms with E-state index in [1.165, 1.54) is 17.3 Å². The first kappa shape index (κ1) is 10.7. The standard InChI is InChI=1S/C12H14O2S/c1-9-12(13)15-11(14-9)8-7-10-5-3-2-4-6-10/h2-6,9,11H,7-8H2,1H3/t9-,11-/m0/s1. The normalized spacial score (nSPS) is 25.8. The fourth-order valence-electron chi connectivity index (χ4n) is 1.59. The van der Waals surface area contributed by atoms with Crippen molar-refractivity contribution in [2.24, 2.45) is 0 Å². The summed E-state index contributed by atoms with van der Waals surface area (Å²) in [4.78, 5) is 11.2. The van der Waals surface area contributed by atoms with Gasteiger partial charge in [0.25, 0.3) is 0 Å². The summed E-state index contributed by atoms with van der Waals surface area (Å²) in [5.41, 5.74) is 1.35. The predicted octanol–water partition coefficient (Wildman–Crippen LogP) is 2.62. The Morgan fingerprint density at radius 2 is 2.07 bits per heavy atom. The monoisotopic (exact) mass is 222 g/mol. The van der Waals surface area contributed by atoms with E-state index in [2.05, 4.69) is 12.1 Å². The molecule has 1 heterocycles. The van der Waals surface area contributed by atoms with Crippen LogP contribution >= 0.6 is 11.8 Å². The Morgan fingerprint density at radius 3 is 2.67 bits per heavy atom. The third-order valence-corrected chi connectivity index (χ3v) is 3.62. The number of carbonyl (C=O) groups is 1. The molecule has 3 heteroatoms. The third-order valence-electron chi connectivity index (χ3n) is 2.45. The quantitative estimate of drug-likeness (QED) is 0.786. The Bertz CT molecular complexity index is 337.